The van der Waals surface area contributed by atoms with E-state index in [1.165, 1.54) is 7.11 Å². The third-order valence-corrected chi connectivity index (χ3v) is 4.20. The van der Waals surface area contributed by atoms with Gasteiger partial charge >= 0.3 is 5.97 Å². The van der Waals surface area contributed by atoms with Crippen molar-refractivity contribution in [2.24, 2.45) is 0 Å². The second kappa shape index (κ2) is 8.35. The lowest BCUT2D eigenvalue weighted by molar-refractivity contribution is -0.119. The summed E-state index contributed by atoms with van der Waals surface area (Å²) in [4.78, 5) is 37.8. The second-order valence-electron chi connectivity index (χ2n) is 6.02. The maximum absolute atomic E-state index is 12.2. The predicted molar refractivity (Wildman–Crippen MR) is 99.9 cm³/mol. The first-order valence-corrected chi connectivity index (χ1v) is 8.59. The molecule has 1 aliphatic rings. The molecule has 0 spiro atoms. The van der Waals surface area contributed by atoms with E-state index in [4.69, 9.17) is 9.47 Å². The molecule has 0 radical (unpaired) electrons. The maximum atomic E-state index is 12.2. The molecule has 0 bridgehead atoms. The Morgan fingerprint density at radius 2 is 1.85 bits per heavy atom. The summed E-state index contributed by atoms with van der Waals surface area (Å²) < 4.78 is 10.1. The van der Waals surface area contributed by atoms with Gasteiger partial charge in [-0.05, 0) is 42.8 Å². The van der Waals surface area contributed by atoms with Crippen LogP contribution >= 0.6 is 0 Å². The van der Waals surface area contributed by atoms with Gasteiger partial charge in [0.2, 0.25) is 5.91 Å². The highest BCUT2D eigenvalue weighted by molar-refractivity contribution is 6.02. The third kappa shape index (κ3) is 4.44. The van der Waals surface area contributed by atoms with Crippen LogP contribution in [0, 0.1) is 0 Å². The number of methoxy groups -OCH3 is 1. The van der Waals surface area contributed by atoms with E-state index in [-0.39, 0.29) is 5.91 Å². The summed E-state index contributed by atoms with van der Waals surface area (Å²) in [5.41, 5.74) is 1.49. The molecule has 1 N–H and O–H groups in total. The molecule has 2 aromatic carbocycles. The molecule has 0 aromatic heterocycles. The van der Waals surface area contributed by atoms with Crippen LogP contribution in [0.4, 0.5) is 11.4 Å². The van der Waals surface area contributed by atoms with Crippen molar-refractivity contribution in [2.75, 3.05) is 30.5 Å². The summed E-state index contributed by atoms with van der Waals surface area (Å²) in [6.07, 6.45) is 1.29. The van der Waals surface area contributed by atoms with E-state index in [0.29, 0.717) is 35.7 Å². The molecule has 1 aliphatic heterocycles. The molecular formula is C20H20N2O5. The quantitative estimate of drug-likeness (QED) is 0.793. The van der Waals surface area contributed by atoms with Gasteiger partial charge in [0.25, 0.3) is 5.91 Å². The highest BCUT2D eigenvalue weighted by atomic mass is 16.5. The van der Waals surface area contributed by atoms with Crippen LogP contribution in [0.2, 0.25) is 0 Å². The van der Waals surface area contributed by atoms with Crippen molar-refractivity contribution in [1.82, 2.24) is 0 Å². The maximum Gasteiger partial charge on any atom is 0.338 e. The zero-order chi connectivity index (χ0) is 19.2. The number of rotatable bonds is 6. The SMILES string of the molecule is COc1ccc(C(=O)OCC(=O)Nc2ccccc2N2CCCC2=O)cc1. The molecule has 0 saturated carbocycles. The van der Waals surface area contributed by atoms with Gasteiger partial charge in [0.1, 0.15) is 5.75 Å². The Morgan fingerprint density at radius 1 is 1.11 bits per heavy atom. The summed E-state index contributed by atoms with van der Waals surface area (Å²) >= 11 is 0. The average Bonchev–Trinajstić information content (AvgIpc) is 3.12. The summed E-state index contributed by atoms with van der Waals surface area (Å²) in [6, 6.07) is 13.5. The molecule has 7 heteroatoms. The molecule has 1 heterocycles. The van der Waals surface area contributed by atoms with E-state index in [0.717, 1.165) is 6.42 Å². The van der Waals surface area contributed by atoms with Gasteiger partial charge in [-0.2, -0.15) is 0 Å². The van der Waals surface area contributed by atoms with Crippen LogP contribution in [0.25, 0.3) is 0 Å². The standard InChI is InChI=1S/C20H20N2O5/c1-26-15-10-8-14(9-11-15)20(25)27-13-18(23)21-16-5-2-3-6-17(16)22-12-4-7-19(22)24/h2-3,5-6,8-11H,4,7,12-13H2,1H3,(H,21,23). The van der Waals surface area contributed by atoms with Crippen LogP contribution in [0.3, 0.4) is 0 Å². The molecule has 27 heavy (non-hydrogen) atoms. The Bertz CT molecular complexity index is 848. The van der Waals surface area contributed by atoms with E-state index in [9.17, 15) is 14.4 Å². The Morgan fingerprint density at radius 3 is 2.52 bits per heavy atom. The Balaban J connectivity index is 1.59. The first-order chi connectivity index (χ1) is 13.1. The lowest BCUT2D eigenvalue weighted by Crippen LogP contribution is -2.27. The van der Waals surface area contributed by atoms with Gasteiger partial charge in [-0.3, -0.25) is 9.59 Å². The average molecular weight is 368 g/mol. The van der Waals surface area contributed by atoms with Crippen molar-refractivity contribution in [3.63, 3.8) is 0 Å². The fourth-order valence-corrected chi connectivity index (χ4v) is 2.85. The molecule has 2 amide bonds. The van der Waals surface area contributed by atoms with E-state index in [1.807, 2.05) is 0 Å². The number of carbonyl (C=O) groups excluding carboxylic acids is 3. The monoisotopic (exact) mass is 368 g/mol. The number of nitrogens with one attached hydrogen (secondary N) is 1. The van der Waals surface area contributed by atoms with Gasteiger partial charge < -0.3 is 19.7 Å². The van der Waals surface area contributed by atoms with Gasteiger partial charge in [-0.1, -0.05) is 12.1 Å². The van der Waals surface area contributed by atoms with Crippen LogP contribution < -0.4 is 15.0 Å². The summed E-state index contributed by atoms with van der Waals surface area (Å²) in [7, 11) is 1.53. The summed E-state index contributed by atoms with van der Waals surface area (Å²) in [5, 5.41) is 2.70. The van der Waals surface area contributed by atoms with Crippen molar-refractivity contribution < 1.29 is 23.9 Å². The number of carbonyl (C=O) groups is 3. The Labute approximate surface area is 156 Å². The van der Waals surface area contributed by atoms with Gasteiger partial charge in [0.15, 0.2) is 6.61 Å². The van der Waals surface area contributed by atoms with Crippen molar-refractivity contribution in [1.29, 1.82) is 0 Å². The zero-order valence-corrected chi connectivity index (χ0v) is 14.9. The van der Waals surface area contributed by atoms with Gasteiger partial charge in [-0.15, -0.1) is 0 Å². The molecule has 140 valence electrons. The van der Waals surface area contributed by atoms with Crippen LogP contribution in [0.5, 0.6) is 5.75 Å². The topological polar surface area (TPSA) is 84.9 Å². The van der Waals surface area contributed by atoms with E-state index in [2.05, 4.69) is 5.32 Å². The fraction of sp³-hybridized carbons (Fsp3) is 0.250. The number of esters is 1. The van der Waals surface area contributed by atoms with Gasteiger partial charge in [0.05, 0.1) is 24.0 Å². The van der Waals surface area contributed by atoms with E-state index < -0.39 is 18.5 Å². The van der Waals surface area contributed by atoms with Crippen LogP contribution in [0.15, 0.2) is 48.5 Å². The summed E-state index contributed by atoms with van der Waals surface area (Å²) in [6.45, 7) is 0.200. The molecule has 0 unspecified atom stereocenters. The fourth-order valence-electron chi connectivity index (χ4n) is 2.85. The molecule has 0 atom stereocenters. The molecule has 7 nitrogen and oxygen atoms in total. The Hall–Kier alpha value is -3.35. The lowest BCUT2D eigenvalue weighted by Gasteiger charge is -2.19. The smallest absolute Gasteiger partial charge is 0.338 e. The van der Waals surface area contributed by atoms with Crippen molar-refractivity contribution in [3.05, 3.63) is 54.1 Å². The van der Waals surface area contributed by atoms with Gasteiger partial charge in [-0.25, -0.2) is 4.79 Å². The lowest BCUT2D eigenvalue weighted by atomic mass is 10.2. The van der Waals surface area contributed by atoms with Crippen LogP contribution in [0.1, 0.15) is 23.2 Å². The number of hydrogen-bond acceptors (Lipinski definition) is 5. The minimum Gasteiger partial charge on any atom is -0.497 e. The first-order valence-electron chi connectivity index (χ1n) is 8.59. The molecule has 1 saturated heterocycles. The second-order valence-corrected chi connectivity index (χ2v) is 6.02. The van der Waals surface area contributed by atoms with Crippen molar-refractivity contribution in [3.8, 4) is 5.75 Å². The third-order valence-electron chi connectivity index (χ3n) is 4.20. The summed E-state index contributed by atoms with van der Waals surface area (Å²) in [5.74, 6) is -0.424. The number of anilines is 2. The van der Waals surface area contributed by atoms with E-state index >= 15 is 0 Å². The van der Waals surface area contributed by atoms with Crippen LogP contribution in [-0.4, -0.2) is 38.0 Å². The minimum atomic E-state index is -0.601. The highest BCUT2D eigenvalue weighted by Crippen LogP contribution is 2.29. The van der Waals surface area contributed by atoms with Crippen molar-refractivity contribution >= 4 is 29.2 Å². The normalized spacial score (nSPS) is 13.4. The molecular weight excluding hydrogens is 348 g/mol. The number of benzene rings is 2. The number of hydrogen-bond donors (Lipinski definition) is 1. The minimum absolute atomic E-state index is 0.0302. The number of nitrogens with zero attached hydrogens (tertiary/aromatic N) is 1. The highest BCUT2D eigenvalue weighted by Gasteiger charge is 2.24. The van der Waals surface area contributed by atoms with Crippen LogP contribution in [-0.2, 0) is 14.3 Å². The predicted octanol–water partition coefficient (Wildman–Crippen LogP) is 2.62. The Kier molecular flexibility index (Phi) is 5.71. The van der Waals surface area contributed by atoms with E-state index in [1.54, 1.807) is 53.4 Å². The largest absolute Gasteiger partial charge is 0.497 e. The first kappa shape index (κ1) is 18.4. The molecule has 3 rings (SSSR count). The number of amides is 2. The van der Waals surface area contributed by atoms with Crippen molar-refractivity contribution in [2.45, 2.75) is 12.8 Å². The number of ether oxygens (including phenoxy) is 2. The molecule has 0 aliphatic carbocycles. The molecule has 2 aromatic rings. The van der Waals surface area contributed by atoms with Gasteiger partial charge in [0, 0.05) is 13.0 Å². The zero-order valence-electron chi connectivity index (χ0n) is 14.9. The number of para-hydroxylation sites is 2. The molecule has 1 fully saturated rings.